The number of nitrogens with one attached hydrogen (secondary N) is 1. The van der Waals surface area contributed by atoms with Crippen LogP contribution in [0.25, 0.3) is 0 Å². The second-order valence-electron chi connectivity index (χ2n) is 7.00. The van der Waals surface area contributed by atoms with Crippen molar-refractivity contribution < 1.29 is 27.5 Å². The van der Waals surface area contributed by atoms with E-state index in [1.165, 1.54) is 35.7 Å². The molecule has 172 valence electrons. The molecule has 11 heteroatoms. The van der Waals surface area contributed by atoms with Crippen molar-refractivity contribution in [3.05, 3.63) is 53.7 Å². The topological polar surface area (TPSA) is 118 Å². The summed E-state index contributed by atoms with van der Waals surface area (Å²) in [7, 11) is -2.21. The molecule has 0 radical (unpaired) electrons. The summed E-state index contributed by atoms with van der Waals surface area (Å²) in [4.78, 5) is 29.9. The molecule has 1 fully saturated rings. The summed E-state index contributed by atoms with van der Waals surface area (Å²) in [5.41, 5.74) is 1.14. The zero-order valence-corrected chi connectivity index (χ0v) is 18.8. The Morgan fingerprint density at radius 3 is 2.41 bits per heavy atom. The minimum absolute atomic E-state index is 0.0927. The van der Waals surface area contributed by atoms with Gasteiger partial charge in [0.1, 0.15) is 0 Å². The average molecular weight is 463 g/mol. The molecule has 0 saturated carbocycles. The first kappa shape index (κ1) is 23.5. The molecule has 3 rings (SSSR count). The highest BCUT2D eigenvalue weighted by Gasteiger charge is 2.30. The predicted octanol–water partition coefficient (Wildman–Crippen LogP) is 1.48. The molecule has 1 saturated heterocycles. The van der Waals surface area contributed by atoms with Crippen LogP contribution in [0, 0.1) is 0 Å². The van der Waals surface area contributed by atoms with Gasteiger partial charge in [0.25, 0.3) is 0 Å². The molecule has 1 aromatic heterocycles. The van der Waals surface area contributed by atoms with E-state index in [9.17, 15) is 18.0 Å². The number of benzene rings is 1. The van der Waals surface area contributed by atoms with Gasteiger partial charge in [-0.3, -0.25) is 0 Å². The zero-order chi connectivity index (χ0) is 23.1. The monoisotopic (exact) mass is 462 g/mol. The third-order valence-electron chi connectivity index (χ3n) is 4.98. The molecule has 2 aromatic rings. The van der Waals surface area contributed by atoms with Gasteiger partial charge in [0.2, 0.25) is 15.9 Å². The minimum Gasteiger partial charge on any atom is -0.481 e. The number of aromatic nitrogens is 1. The van der Waals surface area contributed by atoms with Crippen molar-refractivity contribution >= 4 is 22.0 Å². The number of pyridine rings is 1. The molecule has 1 aromatic carbocycles. The average Bonchev–Trinajstić information content (AvgIpc) is 2.83. The molecule has 0 aliphatic carbocycles. The normalized spacial score (nSPS) is 14.6. The van der Waals surface area contributed by atoms with Gasteiger partial charge < -0.3 is 19.7 Å². The number of nitrogens with zero attached hydrogens (tertiary/aromatic N) is 3. The van der Waals surface area contributed by atoms with E-state index < -0.39 is 16.0 Å². The highest BCUT2D eigenvalue weighted by atomic mass is 32.2. The van der Waals surface area contributed by atoms with Gasteiger partial charge in [-0.15, -0.1) is 0 Å². The van der Waals surface area contributed by atoms with Gasteiger partial charge in [-0.05, 0) is 42.8 Å². The molecule has 0 spiro atoms. The van der Waals surface area contributed by atoms with E-state index in [-0.39, 0.29) is 43.7 Å². The number of hydrogen-bond donors (Lipinski definition) is 1. The van der Waals surface area contributed by atoms with Crippen LogP contribution in [0.15, 0.2) is 47.5 Å². The Morgan fingerprint density at radius 2 is 1.78 bits per heavy atom. The van der Waals surface area contributed by atoms with Crippen LogP contribution in [0.4, 0.5) is 4.79 Å². The van der Waals surface area contributed by atoms with Crippen molar-refractivity contribution in [1.29, 1.82) is 0 Å². The third-order valence-corrected chi connectivity index (χ3v) is 6.89. The van der Waals surface area contributed by atoms with Crippen molar-refractivity contribution in [1.82, 2.24) is 19.5 Å². The second kappa shape index (κ2) is 10.4. The predicted molar refractivity (Wildman–Crippen MR) is 116 cm³/mol. The molecular weight excluding hydrogens is 436 g/mol. The van der Waals surface area contributed by atoms with Gasteiger partial charge in [-0.2, -0.15) is 4.31 Å². The van der Waals surface area contributed by atoms with E-state index in [1.54, 1.807) is 30.2 Å². The number of amides is 2. The first-order chi connectivity index (χ1) is 15.3. The van der Waals surface area contributed by atoms with Crippen LogP contribution in [0.5, 0.6) is 5.88 Å². The smallest absolute Gasteiger partial charge is 0.338 e. The van der Waals surface area contributed by atoms with Gasteiger partial charge in [-0.25, -0.2) is 23.0 Å². The molecule has 1 N–H and O–H groups in total. The standard InChI is InChI=1S/C21H26N4O6S/c1-3-31-20(26)17-4-6-18(7-5-17)32(28,29)25-12-10-24(11-13-25)21(27)23-15-16-8-9-22-19(14-16)30-2/h4-9,14H,3,10-13,15H2,1-2H3,(H,23,27). The summed E-state index contributed by atoms with van der Waals surface area (Å²) < 4.78 is 37.1. The molecular formula is C21H26N4O6S. The number of urea groups is 1. The lowest BCUT2D eigenvalue weighted by molar-refractivity contribution is 0.0526. The molecule has 32 heavy (non-hydrogen) atoms. The second-order valence-corrected chi connectivity index (χ2v) is 8.94. The quantitative estimate of drug-likeness (QED) is 0.619. The lowest BCUT2D eigenvalue weighted by Gasteiger charge is -2.34. The van der Waals surface area contributed by atoms with Crippen molar-refractivity contribution in [2.75, 3.05) is 39.9 Å². The summed E-state index contributed by atoms with van der Waals surface area (Å²) in [5, 5.41) is 2.82. The van der Waals surface area contributed by atoms with Gasteiger partial charge >= 0.3 is 12.0 Å². The fourth-order valence-corrected chi connectivity index (χ4v) is 4.64. The molecule has 10 nitrogen and oxygen atoms in total. The number of ether oxygens (including phenoxy) is 2. The minimum atomic E-state index is -3.73. The number of carbonyl (C=O) groups excluding carboxylic acids is 2. The maximum Gasteiger partial charge on any atom is 0.338 e. The number of rotatable bonds is 7. The highest BCUT2D eigenvalue weighted by molar-refractivity contribution is 7.89. The summed E-state index contributed by atoms with van der Waals surface area (Å²) in [5.74, 6) is -0.0351. The van der Waals surface area contributed by atoms with Gasteiger partial charge in [0, 0.05) is 45.0 Å². The first-order valence-electron chi connectivity index (χ1n) is 10.1. The fourth-order valence-electron chi connectivity index (χ4n) is 3.22. The van der Waals surface area contributed by atoms with Gasteiger partial charge in [0.05, 0.1) is 24.2 Å². The highest BCUT2D eigenvalue weighted by Crippen LogP contribution is 2.19. The lowest BCUT2D eigenvalue weighted by atomic mass is 10.2. The SMILES string of the molecule is CCOC(=O)c1ccc(S(=O)(=O)N2CCN(C(=O)NCc3ccnc(OC)c3)CC2)cc1. The van der Waals surface area contributed by atoms with E-state index in [4.69, 9.17) is 9.47 Å². The number of esters is 1. The molecule has 0 atom stereocenters. The van der Waals surface area contributed by atoms with Crippen LogP contribution in [0.1, 0.15) is 22.8 Å². The molecule has 2 amide bonds. The summed E-state index contributed by atoms with van der Waals surface area (Å²) in [6.45, 7) is 3.15. The molecule has 0 unspecified atom stereocenters. The number of carbonyl (C=O) groups is 2. The largest absolute Gasteiger partial charge is 0.481 e. The molecule has 2 heterocycles. The number of piperazine rings is 1. The van der Waals surface area contributed by atoms with Crippen LogP contribution in [0.3, 0.4) is 0 Å². The zero-order valence-electron chi connectivity index (χ0n) is 18.0. The maximum absolute atomic E-state index is 12.9. The van der Waals surface area contributed by atoms with E-state index in [2.05, 4.69) is 10.3 Å². The van der Waals surface area contributed by atoms with Gasteiger partial charge in [-0.1, -0.05) is 0 Å². The Kier molecular flexibility index (Phi) is 7.65. The fraction of sp³-hybridized carbons (Fsp3) is 0.381. The van der Waals surface area contributed by atoms with E-state index in [1.807, 2.05) is 0 Å². The Balaban J connectivity index is 1.54. The van der Waals surface area contributed by atoms with E-state index >= 15 is 0 Å². The molecule has 1 aliphatic rings. The number of methoxy groups -OCH3 is 1. The van der Waals surface area contributed by atoms with Crippen molar-refractivity contribution in [3.63, 3.8) is 0 Å². The van der Waals surface area contributed by atoms with Crippen LogP contribution < -0.4 is 10.1 Å². The third kappa shape index (κ3) is 5.54. The van der Waals surface area contributed by atoms with Crippen LogP contribution in [-0.4, -0.2) is 74.5 Å². The maximum atomic E-state index is 12.9. The van der Waals surface area contributed by atoms with Crippen LogP contribution in [-0.2, 0) is 21.3 Å². The summed E-state index contributed by atoms with van der Waals surface area (Å²) in [6.07, 6.45) is 1.60. The Bertz CT molecular complexity index is 1050. The summed E-state index contributed by atoms with van der Waals surface area (Å²) in [6, 6.07) is 8.90. The molecule has 1 aliphatic heterocycles. The van der Waals surface area contributed by atoms with E-state index in [0.29, 0.717) is 18.0 Å². The number of sulfonamides is 1. The van der Waals surface area contributed by atoms with Crippen molar-refractivity contribution in [2.45, 2.75) is 18.4 Å². The van der Waals surface area contributed by atoms with Crippen molar-refractivity contribution in [2.24, 2.45) is 0 Å². The lowest BCUT2D eigenvalue weighted by Crippen LogP contribution is -2.52. The van der Waals surface area contributed by atoms with Crippen LogP contribution >= 0.6 is 0 Å². The Hall–Kier alpha value is -3.18. The molecule has 0 bridgehead atoms. The van der Waals surface area contributed by atoms with E-state index in [0.717, 1.165) is 5.56 Å². The van der Waals surface area contributed by atoms with Crippen LogP contribution in [0.2, 0.25) is 0 Å². The first-order valence-corrected chi connectivity index (χ1v) is 11.6. The summed E-state index contributed by atoms with van der Waals surface area (Å²) >= 11 is 0. The number of hydrogen-bond acceptors (Lipinski definition) is 7. The van der Waals surface area contributed by atoms with Gasteiger partial charge in [0.15, 0.2) is 0 Å². The van der Waals surface area contributed by atoms with Crippen molar-refractivity contribution in [3.8, 4) is 5.88 Å². The Morgan fingerprint density at radius 1 is 1.09 bits per heavy atom. The Labute approximate surface area is 187 Å².